The predicted molar refractivity (Wildman–Crippen MR) is 50.1 cm³/mol. The summed E-state index contributed by atoms with van der Waals surface area (Å²) >= 11 is 0. The van der Waals surface area contributed by atoms with Crippen LogP contribution >= 0.6 is 0 Å². The van der Waals surface area contributed by atoms with Gasteiger partial charge >= 0.3 is 6.18 Å². The Balaban J connectivity index is 3.17. The molecule has 0 aromatic heterocycles. The average molecular weight is 214 g/mol. The van der Waals surface area contributed by atoms with Crippen LogP contribution in [-0.4, -0.2) is 11.7 Å². The first kappa shape index (κ1) is 11.6. The van der Waals surface area contributed by atoms with Crippen molar-refractivity contribution in [1.29, 1.82) is 0 Å². The third kappa shape index (κ3) is 3.00. The third-order valence-electron chi connectivity index (χ3n) is 1.85. The van der Waals surface area contributed by atoms with E-state index >= 15 is 0 Å². The average Bonchev–Trinajstić information content (AvgIpc) is 2.15. The lowest BCUT2D eigenvalue weighted by atomic mass is 10.0. The molecule has 0 saturated heterocycles. The molecule has 1 aromatic carbocycles. The Labute approximate surface area is 85.5 Å². The lowest BCUT2D eigenvalue weighted by Gasteiger charge is -2.09. The maximum atomic E-state index is 12.5. The lowest BCUT2D eigenvalue weighted by Crippen LogP contribution is -2.07. The van der Waals surface area contributed by atoms with E-state index in [4.69, 9.17) is 5.11 Å². The number of aliphatic hydroxyl groups is 1. The summed E-state index contributed by atoms with van der Waals surface area (Å²) in [5.74, 6) is 4.73. The molecule has 0 bridgehead atoms. The minimum Gasteiger partial charge on any atom is -0.384 e. The van der Waals surface area contributed by atoms with E-state index in [2.05, 4.69) is 11.8 Å². The van der Waals surface area contributed by atoms with Crippen LogP contribution in [0.15, 0.2) is 18.2 Å². The van der Waals surface area contributed by atoms with Crippen molar-refractivity contribution in [1.82, 2.24) is 0 Å². The van der Waals surface area contributed by atoms with Crippen molar-refractivity contribution in [3.8, 4) is 11.8 Å². The van der Waals surface area contributed by atoms with E-state index in [0.29, 0.717) is 0 Å². The summed E-state index contributed by atoms with van der Waals surface area (Å²) in [7, 11) is 0. The van der Waals surface area contributed by atoms with E-state index in [9.17, 15) is 13.2 Å². The van der Waals surface area contributed by atoms with Gasteiger partial charge in [0.25, 0.3) is 0 Å². The van der Waals surface area contributed by atoms with Crippen molar-refractivity contribution in [2.75, 3.05) is 6.61 Å². The number of halogens is 3. The summed E-state index contributed by atoms with van der Waals surface area (Å²) in [6.07, 6.45) is -4.36. The first-order valence-corrected chi connectivity index (χ1v) is 4.22. The summed E-state index contributed by atoms with van der Waals surface area (Å²) in [4.78, 5) is 0. The first-order valence-electron chi connectivity index (χ1n) is 4.22. The normalized spacial score (nSPS) is 10.7. The number of rotatable bonds is 0. The molecule has 0 spiro atoms. The second kappa shape index (κ2) is 4.37. The molecule has 15 heavy (non-hydrogen) atoms. The van der Waals surface area contributed by atoms with Crippen molar-refractivity contribution < 1.29 is 18.3 Å². The van der Waals surface area contributed by atoms with Gasteiger partial charge in [0.05, 0.1) is 5.56 Å². The molecule has 4 heteroatoms. The summed E-state index contributed by atoms with van der Waals surface area (Å²) in [6.45, 7) is 1.03. The Hall–Kier alpha value is -1.47. The van der Waals surface area contributed by atoms with Gasteiger partial charge in [-0.15, -0.1) is 0 Å². The van der Waals surface area contributed by atoms with Gasteiger partial charge in [0, 0.05) is 5.56 Å². The van der Waals surface area contributed by atoms with Crippen LogP contribution in [0.2, 0.25) is 0 Å². The van der Waals surface area contributed by atoms with Gasteiger partial charge in [0.2, 0.25) is 0 Å². The van der Waals surface area contributed by atoms with E-state index in [1.165, 1.54) is 19.1 Å². The highest BCUT2D eigenvalue weighted by Gasteiger charge is 2.32. The topological polar surface area (TPSA) is 20.2 Å². The largest absolute Gasteiger partial charge is 0.416 e. The van der Waals surface area contributed by atoms with Crippen molar-refractivity contribution in [3.05, 3.63) is 34.9 Å². The summed E-state index contributed by atoms with van der Waals surface area (Å²) in [5.41, 5.74) is -0.272. The number of hydrogen-bond donors (Lipinski definition) is 1. The van der Waals surface area contributed by atoms with Gasteiger partial charge in [-0.1, -0.05) is 17.9 Å². The van der Waals surface area contributed by atoms with E-state index in [0.717, 1.165) is 6.07 Å². The molecule has 80 valence electrons. The number of benzene rings is 1. The van der Waals surface area contributed by atoms with Gasteiger partial charge in [-0.3, -0.25) is 0 Å². The molecule has 0 unspecified atom stereocenters. The Kier molecular flexibility index (Phi) is 3.38. The molecule has 1 rings (SSSR count). The van der Waals surface area contributed by atoms with Crippen LogP contribution in [-0.2, 0) is 6.18 Å². The summed E-state index contributed by atoms with van der Waals surface area (Å²) in [5, 5.41) is 8.42. The van der Waals surface area contributed by atoms with E-state index in [-0.39, 0.29) is 17.7 Å². The molecular formula is C11H9F3O. The van der Waals surface area contributed by atoms with Crippen LogP contribution in [0.1, 0.15) is 16.7 Å². The van der Waals surface area contributed by atoms with Gasteiger partial charge in [0.1, 0.15) is 6.61 Å². The third-order valence-corrected chi connectivity index (χ3v) is 1.85. The Morgan fingerprint density at radius 1 is 1.33 bits per heavy atom. The van der Waals surface area contributed by atoms with Crippen LogP contribution in [0.3, 0.4) is 0 Å². The molecule has 0 aliphatic heterocycles. The van der Waals surface area contributed by atoms with Crippen molar-refractivity contribution in [2.45, 2.75) is 13.1 Å². The fourth-order valence-electron chi connectivity index (χ4n) is 1.15. The zero-order chi connectivity index (χ0) is 11.5. The second-order valence-corrected chi connectivity index (χ2v) is 2.99. The monoisotopic (exact) mass is 214 g/mol. The SMILES string of the molecule is Cc1ccc(C#CCO)cc1C(F)(F)F. The first-order chi connectivity index (χ1) is 6.95. The van der Waals surface area contributed by atoms with Gasteiger partial charge in [-0.2, -0.15) is 13.2 Å². The maximum Gasteiger partial charge on any atom is 0.416 e. The molecule has 0 heterocycles. The molecule has 1 N–H and O–H groups in total. The molecule has 0 amide bonds. The number of aryl methyl sites for hydroxylation is 1. The fraction of sp³-hybridized carbons (Fsp3) is 0.273. The van der Waals surface area contributed by atoms with E-state index in [1.54, 1.807) is 0 Å². The van der Waals surface area contributed by atoms with Gasteiger partial charge in [-0.25, -0.2) is 0 Å². The zero-order valence-corrected chi connectivity index (χ0v) is 8.02. The predicted octanol–water partition coefficient (Wildman–Crippen LogP) is 2.36. The molecule has 0 radical (unpaired) electrons. The van der Waals surface area contributed by atoms with Crippen LogP contribution < -0.4 is 0 Å². The molecule has 0 saturated carbocycles. The minimum absolute atomic E-state index is 0.164. The highest BCUT2D eigenvalue weighted by atomic mass is 19.4. The van der Waals surface area contributed by atoms with E-state index in [1.807, 2.05) is 0 Å². The van der Waals surface area contributed by atoms with Crippen molar-refractivity contribution in [3.63, 3.8) is 0 Å². The van der Waals surface area contributed by atoms with Crippen LogP contribution in [0.25, 0.3) is 0 Å². The molecule has 0 atom stereocenters. The van der Waals surface area contributed by atoms with E-state index < -0.39 is 11.7 Å². The fourth-order valence-corrected chi connectivity index (χ4v) is 1.15. The van der Waals surface area contributed by atoms with Crippen LogP contribution in [0, 0.1) is 18.8 Å². The number of aliphatic hydroxyl groups excluding tert-OH is 1. The van der Waals surface area contributed by atoms with Crippen molar-refractivity contribution in [2.24, 2.45) is 0 Å². The quantitative estimate of drug-likeness (QED) is 0.657. The van der Waals surface area contributed by atoms with Gasteiger partial charge < -0.3 is 5.11 Å². The molecule has 1 aromatic rings. The Morgan fingerprint density at radius 2 is 2.00 bits per heavy atom. The minimum atomic E-state index is -4.36. The molecule has 1 nitrogen and oxygen atoms in total. The standard InChI is InChI=1S/C11H9F3O/c1-8-4-5-9(3-2-6-15)7-10(8)11(12,13)14/h4-5,7,15H,6H2,1H3. The van der Waals surface area contributed by atoms with Crippen LogP contribution in [0.4, 0.5) is 13.2 Å². The molecular weight excluding hydrogens is 205 g/mol. The van der Waals surface area contributed by atoms with Gasteiger partial charge in [0.15, 0.2) is 0 Å². The van der Waals surface area contributed by atoms with Crippen LogP contribution in [0.5, 0.6) is 0 Å². The Bertz CT molecular complexity index is 410. The molecule has 0 fully saturated rings. The second-order valence-electron chi connectivity index (χ2n) is 2.99. The molecule has 0 aliphatic rings. The van der Waals surface area contributed by atoms with Crippen molar-refractivity contribution >= 4 is 0 Å². The highest BCUT2D eigenvalue weighted by Crippen LogP contribution is 2.32. The smallest absolute Gasteiger partial charge is 0.384 e. The summed E-state index contributed by atoms with van der Waals surface area (Å²) in [6, 6.07) is 3.84. The zero-order valence-electron chi connectivity index (χ0n) is 8.02. The van der Waals surface area contributed by atoms with Gasteiger partial charge in [-0.05, 0) is 24.6 Å². The maximum absolute atomic E-state index is 12.5. The summed E-state index contributed by atoms with van der Waals surface area (Å²) < 4.78 is 37.4. The highest BCUT2D eigenvalue weighted by molar-refractivity contribution is 5.41. The number of alkyl halides is 3. The molecule has 0 aliphatic carbocycles. The lowest BCUT2D eigenvalue weighted by molar-refractivity contribution is -0.138. The number of hydrogen-bond acceptors (Lipinski definition) is 1. The Morgan fingerprint density at radius 3 is 2.53 bits per heavy atom.